The van der Waals surface area contributed by atoms with Crippen molar-refractivity contribution in [1.82, 2.24) is 9.80 Å². The molecule has 1 aliphatic heterocycles. The molecule has 0 spiro atoms. The number of hydrogen-bond acceptors (Lipinski definition) is 2. The van der Waals surface area contributed by atoms with Gasteiger partial charge in [-0.1, -0.05) is 12.1 Å². The minimum absolute atomic E-state index is 0.127. The minimum atomic E-state index is -0.254. The monoisotopic (exact) mass is 332 g/mol. The normalized spacial score (nSPS) is 26.4. The number of fused-ring (bicyclic) bond motifs is 1. The number of aryl methyl sites for hydroxylation is 1. The number of hydrogen-bond donors (Lipinski definition) is 0. The summed E-state index contributed by atoms with van der Waals surface area (Å²) in [5.41, 5.74) is 0.977. The lowest BCUT2D eigenvalue weighted by Crippen LogP contribution is -2.39. The van der Waals surface area contributed by atoms with Crippen molar-refractivity contribution in [2.75, 3.05) is 20.6 Å². The van der Waals surface area contributed by atoms with Crippen LogP contribution in [-0.4, -0.2) is 48.3 Å². The van der Waals surface area contributed by atoms with Crippen LogP contribution >= 0.6 is 0 Å². The largest absolute Gasteiger partial charge is 0.345 e. The third-order valence-corrected chi connectivity index (χ3v) is 5.67. The van der Waals surface area contributed by atoms with E-state index in [0.717, 1.165) is 24.9 Å². The molecule has 0 radical (unpaired) electrons. The van der Waals surface area contributed by atoms with Crippen LogP contribution in [0.3, 0.4) is 0 Å². The van der Waals surface area contributed by atoms with E-state index in [0.29, 0.717) is 31.1 Å². The van der Waals surface area contributed by atoms with Gasteiger partial charge in [0.05, 0.1) is 0 Å². The first kappa shape index (κ1) is 16.9. The zero-order chi connectivity index (χ0) is 17.3. The van der Waals surface area contributed by atoms with Gasteiger partial charge in [-0.25, -0.2) is 4.39 Å². The maximum atomic E-state index is 12.9. The van der Waals surface area contributed by atoms with Crippen LogP contribution in [0, 0.1) is 17.7 Å². The van der Waals surface area contributed by atoms with Gasteiger partial charge in [0.15, 0.2) is 0 Å². The predicted octanol–water partition coefficient (Wildman–Crippen LogP) is 2.47. The molecule has 1 heterocycles. The SMILES string of the molecule is CN1C[C@@H]2C[C@H](N(C)C(=O)CCc3ccc(F)cc3)C[C@@H]2CC1=O. The minimum Gasteiger partial charge on any atom is -0.345 e. The van der Waals surface area contributed by atoms with Crippen LogP contribution in [0.15, 0.2) is 24.3 Å². The summed E-state index contributed by atoms with van der Waals surface area (Å²) >= 11 is 0. The second-order valence-corrected chi connectivity index (χ2v) is 7.25. The Balaban J connectivity index is 1.52. The van der Waals surface area contributed by atoms with E-state index in [4.69, 9.17) is 0 Å². The summed E-state index contributed by atoms with van der Waals surface area (Å²) in [6.07, 6.45) is 3.61. The van der Waals surface area contributed by atoms with Crippen molar-refractivity contribution in [2.24, 2.45) is 11.8 Å². The zero-order valence-electron chi connectivity index (χ0n) is 14.4. The molecule has 1 aromatic carbocycles. The molecule has 4 nitrogen and oxygen atoms in total. The van der Waals surface area contributed by atoms with E-state index in [1.54, 1.807) is 12.1 Å². The molecule has 1 saturated heterocycles. The van der Waals surface area contributed by atoms with Gasteiger partial charge in [-0.15, -0.1) is 0 Å². The summed E-state index contributed by atoms with van der Waals surface area (Å²) in [7, 11) is 3.74. The molecule has 0 N–H and O–H groups in total. The van der Waals surface area contributed by atoms with Crippen molar-refractivity contribution in [2.45, 2.75) is 38.1 Å². The molecule has 130 valence electrons. The van der Waals surface area contributed by atoms with E-state index in [1.165, 1.54) is 12.1 Å². The first-order valence-electron chi connectivity index (χ1n) is 8.68. The maximum Gasteiger partial charge on any atom is 0.222 e. The lowest BCUT2D eigenvalue weighted by atomic mass is 9.88. The molecule has 2 aliphatic rings. The summed E-state index contributed by atoms with van der Waals surface area (Å²) in [5.74, 6) is 1.04. The molecule has 0 unspecified atom stereocenters. The van der Waals surface area contributed by atoms with E-state index in [2.05, 4.69) is 0 Å². The van der Waals surface area contributed by atoms with Crippen LogP contribution in [0.25, 0.3) is 0 Å². The summed E-state index contributed by atoms with van der Waals surface area (Å²) in [4.78, 5) is 28.0. The van der Waals surface area contributed by atoms with Crippen LogP contribution in [0.5, 0.6) is 0 Å². The first-order chi connectivity index (χ1) is 11.4. The highest BCUT2D eigenvalue weighted by molar-refractivity contribution is 5.78. The van der Waals surface area contributed by atoms with E-state index >= 15 is 0 Å². The molecular formula is C19H25FN2O2. The Bertz CT molecular complexity index is 616. The highest BCUT2D eigenvalue weighted by Gasteiger charge is 2.42. The summed E-state index contributed by atoms with van der Waals surface area (Å²) < 4.78 is 12.9. The van der Waals surface area contributed by atoms with Crippen LogP contribution < -0.4 is 0 Å². The average molecular weight is 332 g/mol. The van der Waals surface area contributed by atoms with Crippen LogP contribution in [0.2, 0.25) is 0 Å². The van der Waals surface area contributed by atoms with Crippen molar-refractivity contribution in [3.8, 4) is 0 Å². The Hall–Kier alpha value is -1.91. The van der Waals surface area contributed by atoms with Gasteiger partial charge in [0.25, 0.3) is 0 Å². The fourth-order valence-corrected chi connectivity index (χ4v) is 4.09. The molecule has 5 heteroatoms. The predicted molar refractivity (Wildman–Crippen MR) is 89.7 cm³/mol. The second-order valence-electron chi connectivity index (χ2n) is 7.25. The van der Waals surface area contributed by atoms with Gasteiger partial charge in [0.1, 0.15) is 5.82 Å². The number of carbonyl (C=O) groups excluding carboxylic acids is 2. The smallest absolute Gasteiger partial charge is 0.222 e. The number of piperidine rings is 1. The topological polar surface area (TPSA) is 40.6 Å². The van der Waals surface area contributed by atoms with E-state index in [9.17, 15) is 14.0 Å². The third-order valence-electron chi connectivity index (χ3n) is 5.67. The van der Waals surface area contributed by atoms with Crippen molar-refractivity contribution in [1.29, 1.82) is 0 Å². The number of amides is 2. The van der Waals surface area contributed by atoms with Gasteiger partial charge in [0, 0.05) is 39.5 Å². The lowest BCUT2D eigenvalue weighted by molar-refractivity contribution is -0.135. The molecule has 1 aromatic rings. The number of carbonyl (C=O) groups is 2. The quantitative estimate of drug-likeness (QED) is 0.850. The molecular weight excluding hydrogens is 307 g/mol. The van der Waals surface area contributed by atoms with E-state index < -0.39 is 0 Å². The fraction of sp³-hybridized carbons (Fsp3) is 0.579. The average Bonchev–Trinajstić information content (AvgIpc) is 2.96. The third kappa shape index (κ3) is 3.60. The zero-order valence-corrected chi connectivity index (χ0v) is 14.4. The number of nitrogens with zero attached hydrogens (tertiary/aromatic N) is 2. The van der Waals surface area contributed by atoms with Gasteiger partial charge in [-0.3, -0.25) is 9.59 Å². The van der Waals surface area contributed by atoms with Crippen molar-refractivity contribution in [3.63, 3.8) is 0 Å². The van der Waals surface area contributed by atoms with Gasteiger partial charge >= 0.3 is 0 Å². The maximum absolute atomic E-state index is 12.9. The summed E-state index contributed by atoms with van der Waals surface area (Å²) in [5, 5.41) is 0. The van der Waals surface area contributed by atoms with Gasteiger partial charge in [-0.2, -0.15) is 0 Å². The number of benzene rings is 1. The highest BCUT2D eigenvalue weighted by atomic mass is 19.1. The van der Waals surface area contributed by atoms with Crippen LogP contribution in [-0.2, 0) is 16.0 Å². The Morgan fingerprint density at radius 2 is 1.92 bits per heavy atom. The van der Waals surface area contributed by atoms with Gasteiger partial charge < -0.3 is 9.80 Å². The number of rotatable bonds is 4. The molecule has 1 aliphatic carbocycles. The highest BCUT2D eigenvalue weighted by Crippen LogP contribution is 2.40. The van der Waals surface area contributed by atoms with Crippen molar-refractivity contribution in [3.05, 3.63) is 35.6 Å². The molecule has 3 atom stereocenters. The van der Waals surface area contributed by atoms with Gasteiger partial charge in [0.2, 0.25) is 11.8 Å². The fourth-order valence-electron chi connectivity index (χ4n) is 4.09. The summed E-state index contributed by atoms with van der Waals surface area (Å²) in [6.45, 7) is 0.817. The Morgan fingerprint density at radius 3 is 2.62 bits per heavy atom. The summed E-state index contributed by atoms with van der Waals surface area (Å²) in [6, 6.07) is 6.56. The lowest BCUT2D eigenvalue weighted by Gasteiger charge is -2.31. The molecule has 2 amide bonds. The van der Waals surface area contributed by atoms with Crippen LogP contribution in [0.4, 0.5) is 4.39 Å². The Labute approximate surface area is 142 Å². The van der Waals surface area contributed by atoms with Crippen molar-refractivity contribution < 1.29 is 14.0 Å². The second kappa shape index (κ2) is 6.91. The first-order valence-corrected chi connectivity index (χ1v) is 8.68. The van der Waals surface area contributed by atoms with E-state index in [1.807, 2.05) is 23.9 Å². The number of likely N-dealkylation sites (tertiary alicyclic amines) is 1. The molecule has 0 aromatic heterocycles. The molecule has 3 rings (SSSR count). The Kier molecular flexibility index (Phi) is 4.88. The molecule has 24 heavy (non-hydrogen) atoms. The molecule has 2 fully saturated rings. The van der Waals surface area contributed by atoms with E-state index in [-0.39, 0.29) is 23.7 Å². The Morgan fingerprint density at radius 1 is 1.25 bits per heavy atom. The van der Waals surface area contributed by atoms with Gasteiger partial charge in [-0.05, 0) is 48.8 Å². The number of halogens is 1. The standard InChI is InChI=1S/C19H25FN2O2/c1-21-12-15-10-17(9-14(15)11-19(21)24)22(2)18(23)8-5-13-3-6-16(20)7-4-13/h3-4,6-7,14-15,17H,5,8-12H2,1-2H3/t14-,15+,17-/m1/s1. The van der Waals surface area contributed by atoms with Crippen molar-refractivity contribution >= 4 is 11.8 Å². The van der Waals surface area contributed by atoms with Crippen LogP contribution in [0.1, 0.15) is 31.2 Å². The molecule has 1 saturated carbocycles. The molecule has 0 bridgehead atoms.